The van der Waals surface area contributed by atoms with E-state index in [-0.39, 0.29) is 0 Å². The lowest BCUT2D eigenvalue weighted by molar-refractivity contribution is -0.421. The molecule has 0 aliphatic carbocycles. The maximum Gasteiger partial charge on any atom is 0.373 e. The van der Waals surface area contributed by atoms with Crippen molar-refractivity contribution in [2.24, 2.45) is 0 Å². The summed E-state index contributed by atoms with van der Waals surface area (Å²) in [6.07, 6.45) is 15.6. The maximum absolute atomic E-state index is 12.2. The van der Waals surface area contributed by atoms with Gasteiger partial charge in [0.15, 0.2) is 0 Å². The Morgan fingerprint density at radius 2 is 0.917 bits per heavy atom. The van der Waals surface area contributed by atoms with Crippen molar-refractivity contribution in [3.8, 4) is 0 Å². The summed E-state index contributed by atoms with van der Waals surface area (Å²) < 4.78 is 0. The third kappa shape index (κ3) is 13.4. The highest BCUT2D eigenvalue weighted by atomic mass is 17.3. The molecule has 0 saturated heterocycles. The molecule has 0 bridgehead atoms. The van der Waals surface area contributed by atoms with Crippen LogP contribution in [0.2, 0.25) is 0 Å². The van der Waals surface area contributed by atoms with Crippen LogP contribution in [0.3, 0.4) is 0 Å². The van der Waals surface area contributed by atoms with Crippen molar-refractivity contribution in [2.45, 2.75) is 103 Å². The van der Waals surface area contributed by atoms with Gasteiger partial charge in [0.25, 0.3) is 0 Å². The number of carbonyl (C=O) groups is 2. The molecule has 0 saturated carbocycles. The van der Waals surface area contributed by atoms with Gasteiger partial charge >= 0.3 is 11.9 Å². The lowest BCUT2D eigenvalue weighted by atomic mass is 10.0. The van der Waals surface area contributed by atoms with E-state index in [0.29, 0.717) is 17.5 Å². The molecule has 198 valence electrons. The van der Waals surface area contributed by atoms with E-state index in [4.69, 9.17) is 19.6 Å². The van der Waals surface area contributed by atoms with Crippen molar-refractivity contribution < 1.29 is 29.1 Å². The standard InChI is InChI=1S/C30H42O6/c1-2-3-4-5-6-7-8-9-10-11-12-13-20-25-28(33-35-29(31)26-21-16-14-17-22-26)34-36-30(32)27-23-18-15-19-24-27/h14-19,21-24,28H,2-13,20,25H2,1H3. The highest BCUT2D eigenvalue weighted by molar-refractivity contribution is 5.89. The van der Waals surface area contributed by atoms with Gasteiger partial charge in [-0.15, -0.1) is 9.78 Å². The Kier molecular flexibility index (Phi) is 16.0. The van der Waals surface area contributed by atoms with Gasteiger partial charge in [-0.25, -0.2) is 9.59 Å². The minimum Gasteiger partial charge on any atom is -0.290 e. The Bertz CT molecular complexity index is 768. The first-order valence-electron chi connectivity index (χ1n) is 13.6. The Hall–Kier alpha value is -2.70. The van der Waals surface area contributed by atoms with Gasteiger partial charge in [0, 0.05) is 6.42 Å². The van der Waals surface area contributed by atoms with Crippen LogP contribution in [0.15, 0.2) is 60.7 Å². The highest BCUT2D eigenvalue weighted by Gasteiger charge is 2.19. The molecule has 6 heteroatoms. The van der Waals surface area contributed by atoms with Crippen LogP contribution in [0.4, 0.5) is 0 Å². The molecule has 0 unspecified atom stereocenters. The number of carbonyl (C=O) groups excluding carboxylic acids is 2. The van der Waals surface area contributed by atoms with E-state index in [2.05, 4.69) is 6.92 Å². The first-order chi connectivity index (χ1) is 17.7. The van der Waals surface area contributed by atoms with Gasteiger partial charge < -0.3 is 0 Å². The van der Waals surface area contributed by atoms with Crippen LogP contribution in [0, 0.1) is 0 Å². The van der Waals surface area contributed by atoms with Crippen LogP contribution in [0.5, 0.6) is 0 Å². The summed E-state index contributed by atoms with van der Waals surface area (Å²) in [6.45, 7) is 2.25. The number of unbranched alkanes of at least 4 members (excludes halogenated alkanes) is 12. The van der Waals surface area contributed by atoms with Crippen LogP contribution in [0.25, 0.3) is 0 Å². The molecule has 0 heterocycles. The zero-order chi connectivity index (χ0) is 25.7. The first-order valence-corrected chi connectivity index (χ1v) is 13.6. The van der Waals surface area contributed by atoms with Crippen molar-refractivity contribution >= 4 is 11.9 Å². The van der Waals surface area contributed by atoms with Crippen molar-refractivity contribution in [3.63, 3.8) is 0 Å². The second kappa shape index (κ2) is 19.5. The summed E-state index contributed by atoms with van der Waals surface area (Å²) in [5.74, 6) is -1.27. The minimum absolute atomic E-state index is 0.360. The van der Waals surface area contributed by atoms with Gasteiger partial charge in [0.1, 0.15) is 0 Å². The molecule has 0 amide bonds. The number of hydrogen-bond donors (Lipinski definition) is 0. The lowest BCUT2D eigenvalue weighted by Crippen LogP contribution is -2.22. The predicted molar refractivity (Wildman–Crippen MR) is 140 cm³/mol. The van der Waals surface area contributed by atoms with E-state index >= 15 is 0 Å². The predicted octanol–water partition coefficient (Wildman–Crippen LogP) is 8.37. The van der Waals surface area contributed by atoms with Crippen LogP contribution in [-0.2, 0) is 19.6 Å². The van der Waals surface area contributed by atoms with Gasteiger partial charge in [-0.2, -0.15) is 0 Å². The molecule has 2 aromatic carbocycles. The molecule has 2 aromatic rings. The molecule has 0 atom stereocenters. The third-order valence-electron chi connectivity index (χ3n) is 6.02. The van der Waals surface area contributed by atoms with E-state index in [1.807, 2.05) is 0 Å². The zero-order valence-corrected chi connectivity index (χ0v) is 21.7. The Balaban J connectivity index is 1.64. The summed E-state index contributed by atoms with van der Waals surface area (Å²) in [5, 5.41) is 0. The summed E-state index contributed by atoms with van der Waals surface area (Å²) in [5.41, 5.74) is 0.719. The van der Waals surface area contributed by atoms with E-state index in [1.165, 1.54) is 64.2 Å². The van der Waals surface area contributed by atoms with E-state index < -0.39 is 18.2 Å². The molecular weight excluding hydrogens is 456 g/mol. The summed E-state index contributed by atoms with van der Waals surface area (Å²) in [4.78, 5) is 44.7. The molecule has 0 radical (unpaired) electrons. The monoisotopic (exact) mass is 498 g/mol. The normalized spacial score (nSPS) is 10.9. The fourth-order valence-electron chi connectivity index (χ4n) is 3.88. The third-order valence-corrected chi connectivity index (χ3v) is 6.02. The highest BCUT2D eigenvalue weighted by Crippen LogP contribution is 2.16. The van der Waals surface area contributed by atoms with Crippen LogP contribution in [-0.4, -0.2) is 18.2 Å². The van der Waals surface area contributed by atoms with Gasteiger partial charge in [0.05, 0.1) is 11.1 Å². The summed E-state index contributed by atoms with van der Waals surface area (Å²) in [7, 11) is 0. The molecule has 6 nitrogen and oxygen atoms in total. The van der Waals surface area contributed by atoms with Crippen molar-refractivity contribution in [1.82, 2.24) is 0 Å². The topological polar surface area (TPSA) is 71.1 Å². The SMILES string of the molecule is CCCCCCCCCCCCCCCC(OOC(=O)c1ccccc1)OOC(=O)c1ccccc1. The summed E-state index contributed by atoms with van der Waals surface area (Å²) in [6, 6.07) is 17.1. The molecular formula is C30H42O6. The van der Waals surface area contributed by atoms with Gasteiger partial charge in [-0.05, 0) is 30.7 Å². The molecule has 0 aliphatic heterocycles. The van der Waals surface area contributed by atoms with E-state index in [1.54, 1.807) is 60.7 Å². The van der Waals surface area contributed by atoms with Crippen molar-refractivity contribution in [1.29, 1.82) is 0 Å². The second-order valence-electron chi connectivity index (χ2n) is 9.13. The second-order valence-corrected chi connectivity index (χ2v) is 9.13. The van der Waals surface area contributed by atoms with Gasteiger partial charge in [-0.3, -0.25) is 9.78 Å². The molecule has 0 aromatic heterocycles. The van der Waals surface area contributed by atoms with Gasteiger partial charge in [0.2, 0.25) is 6.29 Å². The van der Waals surface area contributed by atoms with E-state index in [9.17, 15) is 9.59 Å². The van der Waals surface area contributed by atoms with E-state index in [0.717, 1.165) is 19.3 Å². The van der Waals surface area contributed by atoms with Gasteiger partial charge in [-0.1, -0.05) is 120 Å². The molecule has 0 N–H and O–H groups in total. The summed E-state index contributed by atoms with van der Waals surface area (Å²) >= 11 is 0. The largest absolute Gasteiger partial charge is 0.373 e. The fourth-order valence-corrected chi connectivity index (χ4v) is 3.88. The fraction of sp³-hybridized carbons (Fsp3) is 0.533. The number of rotatable bonds is 20. The van der Waals surface area contributed by atoms with Crippen LogP contribution in [0.1, 0.15) is 118 Å². The molecule has 0 aliphatic rings. The smallest absolute Gasteiger partial charge is 0.290 e. The minimum atomic E-state index is -1.00. The molecule has 0 fully saturated rings. The Morgan fingerprint density at radius 1 is 0.556 bits per heavy atom. The Labute approximate surface area is 216 Å². The van der Waals surface area contributed by atoms with Crippen molar-refractivity contribution in [2.75, 3.05) is 0 Å². The van der Waals surface area contributed by atoms with Crippen molar-refractivity contribution in [3.05, 3.63) is 71.8 Å². The quantitative estimate of drug-likeness (QED) is 0.0790. The zero-order valence-electron chi connectivity index (χ0n) is 21.7. The molecule has 2 rings (SSSR count). The first kappa shape index (κ1) is 29.5. The Morgan fingerprint density at radius 3 is 1.31 bits per heavy atom. The maximum atomic E-state index is 12.2. The lowest BCUT2D eigenvalue weighted by Gasteiger charge is -2.15. The number of benzene rings is 2. The van der Waals surface area contributed by atoms with Crippen LogP contribution < -0.4 is 0 Å². The average Bonchev–Trinajstić information content (AvgIpc) is 2.92. The number of hydrogen-bond acceptors (Lipinski definition) is 6. The van der Waals surface area contributed by atoms with Crippen LogP contribution >= 0.6 is 0 Å². The average molecular weight is 499 g/mol. The molecule has 0 spiro atoms. The molecule has 36 heavy (non-hydrogen) atoms.